The minimum Gasteiger partial charge on any atom is -0.475 e. The monoisotopic (exact) mass is 192 g/mol. The van der Waals surface area contributed by atoms with Crippen LogP contribution in [0.4, 0.5) is 0 Å². The van der Waals surface area contributed by atoms with Crippen LogP contribution in [0.25, 0.3) is 0 Å². The maximum absolute atomic E-state index is 10.9. The van der Waals surface area contributed by atoms with Crippen LogP contribution in [-0.2, 0) is 4.79 Å². The van der Waals surface area contributed by atoms with Gasteiger partial charge in [0.15, 0.2) is 0 Å². The molecule has 0 bridgehead atoms. The zero-order valence-corrected chi connectivity index (χ0v) is 7.77. The molecule has 4 nitrogen and oxygen atoms in total. The fraction of sp³-hybridized carbons (Fsp3) is 0.400. The summed E-state index contributed by atoms with van der Waals surface area (Å²) in [4.78, 5) is 14.9. The predicted molar refractivity (Wildman–Crippen MR) is 50.9 cm³/mol. The molecule has 1 aliphatic heterocycles. The fourth-order valence-corrected chi connectivity index (χ4v) is 1.42. The molecule has 0 aliphatic carbocycles. The van der Waals surface area contributed by atoms with Crippen molar-refractivity contribution in [2.45, 2.75) is 18.9 Å². The number of aromatic nitrogens is 1. The number of hydrogen-bond acceptors (Lipinski definition) is 3. The molecule has 0 radical (unpaired) electrons. The van der Waals surface area contributed by atoms with Gasteiger partial charge in [-0.3, -0.25) is 4.79 Å². The number of rotatable bonds is 3. The van der Waals surface area contributed by atoms with Gasteiger partial charge in [0, 0.05) is 18.7 Å². The van der Waals surface area contributed by atoms with Crippen LogP contribution in [0, 0.1) is 0 Å². The lowest BCUT2D eigenvalue weighted by molar-refractivity contribution is -0.119. The molecule has 1 fully saturated rings. The van der Waals surface area contributed by atoms with Crippen LogP contribution in [0.3, 0.4) is 0 Å². The van der Waals surface area contributed by atoms with Crippen molar-refractivity contribution in [3.63, 3.8) is 0 Å². The number of nitrogens with one attached hydrogen (secondary N) is 1. The maximum Gasteiger partial charge on any atom is 0.220 e. The van der Waals surface area contributed by atoms with Gasteiger partial charge in [-0.25, -0.2) is 4.98 Å². The van der Waals surface area contributed by atoms with Crippen molar-refractivity contribution in [1.29, 1.82) is 0 Å². The lowest BCUT2D eigenvalue weighted by Crippen LogP contribution is -2.30. The first kappa shape index (κ1) is 8.99. The molecular formula is C10H12N2O2. The van der Waals surface area contributed by atoms with E-state index in [1.807, 2.05) is 12.1 Å². The van der Waals surface area contributed by atoms with Gasteiger partial charge >= 0.3 is 0 Å². The van der Waals surface area contributed by atoms with Crippen molar-refractivity contribution in [2.24, 2.45) is 0 Å². The highest BCUT2D eigenvalue weighted by molar-refractivity contribution is 5.78. The number of hydrogen-bond donors (Lipinski definition) is 1. The number of pyridine rings is 1. The van der Waals surface area contributed by atoms with Gasteiger partial charge in [0.1, 0.15) is 6.61 Å². The summed E-state index contributed by atoms with van der Waals surface area (Å²) in [5.74, 6) is 0.716. The lowest BCUT2D eigenvalue weighted by Gasteiger charge is -2.10. The summed E-state index contributed by atoms with van der Waals surface area (Å²) in [6.45, 7) is 0.503. The first-order valence-corrected chi connectivity index (χ1v) is 4.68. The van der Waals surface area contributed by atoms with E-state index in [0.29, 0.717) is 18.9 Å². The van der Waals surface area contributed by atoms with Crippen LogP contribution in [-0.4, -0.2) is 23.5 Å². The average Bonchev–Trinajstić information content (AvgIpc) is 2.63. The highest BCUT2D eigenvalue weighted by Crippen LogP contribution is 2.09. The van der Waals surface area contributed by atoms with E-state index >= 15 is 0 Å². The summed E-state index contributed by atoms with van der Waals surface area (Å²) in [6.07, 6.45) is 3.14. The molecule has 1 aliphatic rings. The Bertz CT molecular complexity index is 313. The predicted octanol–water partition coefficient (Wildman–Crippen LogP) is 0.739. The lowest BCUT2D eigenvalue weighted by atomic mass is 10.2. The SMILES string of the molecule is O=C1CC[C@H](COc2ccccn2)N1. The molecule has 4 heteroatoms. The van der Waals surface area contributed by atoms with E-state index in [0.717, 1.165) is 6.42 Å². The normalized spacial score (nSPS) is 20.6. The summed E-state index contributed by atoms with van der Waals surface area (Å²) >= 11 is 0. The molecule has 1 aromatic rings. The van der Waals surface area contributed by atoms with E-state index < -0.39 is 0 Å². The van der Waals surface area contributed by atoms with Crippen LogP contribution in [0.2, 0.25) is 0 Å². The summed E-state index contributed by atoms with van der Waals surface area (Å²) in [7, 11) is 0. The molecule has 0 aromatic carbocycles. The van der Waals surface area contributed by atoms with Crippen molar-refractivity contribution >= 4 is 5.91 Å². The van der Waals surface area contributed by atoms with Crippen LogP contribution in [0.15, 0.2) is 24.4 Å². The Kier molecular flexibility index (Phi) is 2.62. The highest BCUT2D eigenvalue weighted by Gasteiger charge is 2.20. The second-order valence-electron chi connectivity index (χ2n) is 3.28. The van der Waals surface area contributed by atoms with Crippen molar-refractivity contribution < 1.29 is 9.53 Å². The van der Waals surface area contributed by atoms with Gasteiger partial charge in [-0.1, -0.05) is 6.07 Å². The molecular weight excluding hydrogens is 180 g/mol. The number of carbonyl (C=O) groups excluding carboxylic acids is 1. The molecule has 0 spiro atoms. The van der Waals surface area contributed by atoms with Crippen LogP contribution >= 0.6 is 0 Å². The smallest absolute Gasteiger partial charge is 0.220 e. The van der Waals surface area contributed by atoms with E-state index in [1.54, 1.807) is 12.3 Å². The second-order valence-corrected chi connectivity index (χ2v) is 3.28. The van der Waals surface area contributed by atoms with Gasteiger partial charge in [-0.2, -0.15) is 0 Å². The third-order valence-corrected chi connectivity index (χ3v) is 2.16. The Labute approximate surface area is 82.3 Å². The molecule has 0 saturated carbocycles. The van der Waals surface area contributed by atoms with E-state index in [-0.39, 0.29) is 11.9 Å². The summed E-state index contributed by atoms with van der Waals surface area (Å²) in [5.41, 5.74) is 0. The molecule has 2 heterocycles. The van der Waals surface area contributed by atoms with Gasteiger partial charge < -0.3 is 10.1 Å². The Morgan fingerprint density at radius 3 is 3.14 bits per heavy atom. The number of nitrogens with zero attached hydrogens (tertiary/aromatic N) is 1. The number of carbonyl (C=O) groups is 1. The van der Waals surface area contributed by atoms with E-state index in [1.165, 1.54) is 0 Å². The minimum atomic E-state index is 0.111. The third kappa shape index (κ3) is 2.22. The van der Waals surface area contributed by atoms with Gasteiger partial charge in [-0.15, -0.1) is 0 Å². The van der Waals surface area contributed by atoms with Gasteiger partial charge in [0.05, 0.1) is 6.04 Å². The molecule has 74 valence electrons. The molecule has 14 heavy (non-hydrogen) atoms. The van der Waals surface area contributed by atoms with Crippen LogP contribution in [0.5, 0.6) is 5.88 Å². The third-order valence-electron chi connectivity index (χ3n) is 2.16. The molecule has 1 N–H and O–H groups in total. The molecule has 1 saturated heterocycles. The summed E-state index contributed by atoms with van der Waals surface area (Å²) in [5, 5.41) is 2.83. The number of amides is 1. The van der Waals surface area contributed by atoms with Gasteiger partial charge in [0.2, 0.25) is 11.8 Å². The minimum absolute atomic E-state index is 0.111. The molecule has 1 aromatic heterocycles. The second kappa shape index (κ2) is 4.09. The van der Waals surface area contributed by atoms with Gasteiger partial charge in [-0.05, 0) is 12.5 Å². The zero-order valence-electron chi connectivity index (χ0n) is 7.77. The molecule has 0 unspecified atom stereocenters. The standard InChI is InChI=1S/C10H12N2O2/c13-9-5-4-8(12-9)7-14-10-3-1-2-6-11-10/h1-3,6,8H,4-5,7H2,(H,12,13)/t8-/m1/s1. The first-order valence-electron chi connectivity index (χ1n) is 4.68. The Balaban J connectivity index is 1.80. The van der Waals surface area contributed by atoms with E-state index in [9.17, 15) is 4.79 Å². The Morgan fingerprint density at radius 1 is 1.57 bits per heavy atom. The average molecular weight is 192 g/mol. The Morgan fingerprint density at radius 2 is 2.50 bits per heavy atom. The van der Waals surface area contributed by atoms with Crippen molar-refractivity contribution in [2.75, 3.05) is 6.61 Å². The Hall–Kier alpha value is -1.58. The quantitative estimate of drug-likeness (QED) is 0.768. The summed E-state index contributed by atoms with van der Waals surface area (Å²) < 4.78 is 5.41. The maximum atomic E-state index is 10.9. The van der Waals surface area contributed by atoms with Gasteiger partial charge in [0.25, 0.3) is 0 Å². The fourth-order valence-electron chi connectivity index (χ4n) is 1.42. The van der Waals surface area contributed by atoms with Crippen molar-refractivity contribution in [3.8, 4) is 5.88 Å². The van der Waals surface area contributed by atoms with E-state index in [4.69, 9.17) is 4.74 Å². The van der Waals surface area contributed by atoms with Crippen molar-refractivity contribution in [3.05, 3.63) is 24.4 Å². The topological polar surface area (TPSA) is 51.2 Å². The first-order chi connectivity index (χ1) is 6.84. The van der Waals surface area contributed by atoms with Crippen molar-refractivity contribution in [1.82, 2.24) is 10.3 Å². The van der Waals surface area contributed by atoms with E-state index in [2.05, 4.69) is 10.3 Å². The molecule has 2 rings (SSSR count). The largest absolute Gasteiger partial charge is 0.475 e. The summed E-state index contributed by atoms with van der Waals surface area (Å²) in [6, 6.07) is 5.65. The molecule has 1 amide bonds. The number of ether oxygens (including phenoxy) is 1. The zero-order chi connectivity index (χ0) is 9.80. The molecule has 1 atom stereocenters. The van der Waals surface area contributed by atoms with Crippen LogP contribution in [0.1, 0.15) is 12.8 Å². The van der Waals surface area contributed by atoms with Crippen LogP contribution < -0.4 is 10.1 Å². The highest BCUT2D eigenvalue weighted by atomic mass is 16.5.